The van der Waals surface area contributed by atoms with Crippen LogP contribution in [0.2, 0.25) is 0 Å². The van der Waals surface area contributed by atoms with Gasteiger partial charge in [-0.15, -0.1) is 0 Å². The van der Waals surface area contributed by atoms with Gasteiger partial charge in [-0.3, -0.25) is 0 Å². The third kappa shape index (κ3) is 5.08. The third-order valence-corrected chi connectivity index (χ3v) is 5.38. The Morgan fingerprint density at radius 2 is 1.96 bits per heavy atom. The van der Waals surface area contributed by atoms with Gasteiger partial charge >= 0.3 is 6.03 Å². The minimum absolute atomic E-state index is 0.136. The lowest BCUT2D eigenvalue weighted by molar-refractivity contribution is 0.0831. The standard InChI is InChI=1S/C21H32N2O2/c1-16(2)17-9-8-10-18(13-17)20(3,4)23-19(25)22-14-21(15-24)11-6-5-7-12-21/h8-10,13,24H,1,5-7,11-12,14-15H2,2-4H3,(H2,22,23,25). The van der Waals surface area contributed by atoms with E-state index in [4.69, 9.17) is 0 Å². The van der Waals surface area contributed by atoms with Gasteiger partial charge in [0.1, 0.15) is 0 Å². The average Bonchev–Trinajstić information content (AvgIpc) is 2.60. The highest BCUT2D eigenvalue weighted by atomic mass is 16.3. The Bertz CT molecular complexity index is 616. The van der Waals surface area contributed by atoms with Crippen molar-refractivity contribution in [3.63, 3.8) is 0 Å². The lowest BCUT2D eigenvalue weighted by Gasteiger charge is -2.36. The SMILES string of the molecule is C=C(C)c1cccc(C(C)(C)NC(=O)NCC2(CO)CCCCC2)c1. The van der Waals surface area contributed by atoms with Gasteiger partial charge < -0.3 is 15.7 Å². The molecule has 2 rings (SSSR count). The van der Waals surface area contributed by atoms with Gasteiger partial charge in [0.15, 0.2) is 0 Å². The van der Waals surface area contributed by atoms with Crippen LogP contribution < -0.4 is 10.6 Å². The van der Waals surface area contributed by atoms with Crippen molar-refractivity contribution in [2.75, 3.05) is 13.2 Å². The summed E-state index contributed by atoms with van der Waals surface area (Å²) >= 11 is 0. The molecule has 1 aromatic carbocycles. The minimum atomic E-state index is -0.492. The van der Waals surface area contributed by atoms with Crippen molar-refractivity contribution in [3.8, 4) is 0 Å². The predicted octanol–water partition coefficient (Wildman–Crippen LogP) is 4.20. The van der Waals surface area contributed by atoms with Gasteiger partial charge in [0.2, 0.25) is 0 Å². The quantitative estimate of drug-likeness (QED) is 0.724. The van der Waals surface area contributed by atoms with Gasteiger partial charge in [-0.2, -0.15) is 0 Å². The molecular formula is C21H32N2O2. The zero-order chi connectivity index (χ0) is 18.5. The molecule has 0 aliphatic heterocycles. The lowest BCUT2D eigenvalue weighted by Crippen LogP contribution is -2.50. The van der Waals surface area contributed by atoms with Gasteiger partial charge in [0, 0.05) is 12.0 Å². The van der Waals surface area contributed by atoms with E-state index in [1.54, 1.807) is 0 Å². The lowest BCUT2D eigenvalue weighted by atomic mass is 9.74. The van der Waals surface area contributed by atoms with E-state index >= 15 is 0 Å². The fourth-order valence-electron chi connectivity index (χ4n) is 3.53. The number of carbonyl (C=O) groups excluding carboxylic acids is 1. The summed E-state index contributed by atoms with van der Waals surface area (Å²) in [5.74, 6) is 0. The summed E-state index contributed by atoms with van der Waals surface area (Å²) in [5.41, 5.74) is 2.48. The van der Waals surface area contributed by atoms with Crippen LogP contribution >= 0.6 is 0 Å². The molecule has 2 amide bonds. The number of aliphatic hydroxyl groups is 1. The molecule has 0 unspecified atom stereocenters. The van der Waals surface area contributed by atoms with Crippen molar-refractivity contribution >= 4 is 11.6 Å². The highest BCUT2D eigenvalue weighted by Gasteiger charge is 2.32. The van der Waals surface area contributed by atoms with Gasteiger partial charge in [-0.25, -0.2) is 4.79 Å². The number of hydrogen-bond donors (Lipinski definition) is 3. The Kier molecular flexibility index (Phi) is 6.28. The van der Waals surface area contributed by atoms with Crippen LogP contribution in [0.4, 0.5) is 4.79 Å². The van der Waals surface area contributed by atoms with E-state index < -0.39 is 5.54 Å². The van der Waals surface area contributed by atoms with E-state index in [1.165, 1.54) is 6.42 Å². The van der Waals surface area contributed by atoms with E-state index in [-0.39, 0.29) is 18.1 Å². The van der Waals surface area contributed by atoms with Crippen molar-refractivity contribution in [2.45, 2.75) is 58.4 Å². The number of benzene rings is 1. The molecule has 0 bridgehead atoms. The first-order valence-electron chi connectivity index (χ1n) is 9.21. The Balaban J connectivity index is 1.98. The summed E-state index contributed by atoms with van der Waals surface area (Å²) < 4.78 is 0. The molecule has 4 heteroatoms. The van der Waals surface area contributed by atoms with E-state index in [1.807, 2.05) is 39.0 Å². The average molecular weight is 344 g/mol. The molecule has 3 N–H and O–H groups in total. The number of nitrogens with one attached hydrogen (secondary N) is 2. The van der Waals surface area contributed by atoms with Crippen molar-refractivity contribution < 1.29 is 9.90 Å². The number of rotatable bonds is 6. The molecule has 0 heterocycles. The first-order chi connectivity index (χ1) is 11.8. The number of aliphatic hydroxyl groups excluding tert-OH is 1. The Morgan fingerprint density at radius 3 is 2.56 bits per heavy atom. The van der Waals surface area contributed by atoms with Crippen LogP contribution in [0.5, 0.6) is 0 Å². The third-order valence-electron chi connectivity index (χ3n) is 5.38. The zero-order valence-corrected chi connectivity index (χ0v) is 15.8. The van der Waals surface area contributed by atoms with Crippen LogP contribution in [0.1, 0.15) is 64.0 Å². The second kappa shape index (κ2) is 8.05. The summed E-state index contributed by atoms with van der Waals surface area (Å²) in [5, 5.41) is 15.8. The van der Waals surface area contributed by atoms with Crippen LogP contribution in [-0.4, -0.2) is 24.3 Å². The fourth-order valence-corrected chi connectivity index (χ4v) is 3.53. The van der Waals surface area contributed by atoms with E-state index in [0.29, 0.717) is 6.54 Å². The number of amides is 2. The van der Waals surface area contributed by atoms with E-state index in [2.05, 4.69) is 23.3 Å². The smallest absolute Gasteiger partial charge is 0.315 e. The fraction of sp³-hybridized carbons (Fsp3) is 0.571. The highest BCUT2D eigenvalue weighted by molar-refractivity contribution is 5.75. The summed E-state index contributed by atoms with van der Waals surface area (Å²) in [7, 11) is 0. The van der Waals surface area contributed by atoms with E-state index in [9.17, 15) is 9.90 Å². The van der Waals surface area contributed by atoms with Crippen LogP contribution in [0, 0.1) is 5.41 Å². The molecule has 0 radical (unpaired) electrons. The molecule has 0 atom stereocenters. The maximum Gasteiger partial charge on any atom is 0.315 e. The van der Waals surface area contributed by atoms with Crippen molar-refractivity contribution in [2.24, 2.45) is 5.41 Å². The number of allylic oxidation sites excluding steroid dienone is 1. The molecule has 1 aromatic rings. The van der Waals surface area contributed by atoms with Crippen molar-refractivity contribution in [1.29, 1.82) is 0 Å². The molecule has 138 valence electrons. The minimum Gasteiger partial charge on any atom is -0.396 e. The van der Waals surface area contributed by atoms with Gasteiger partial charge in [-0.1, -0.05) is 49.6 Å². The van der Waals surface area contributed by atoms with Crippen molar-refractivity contribution in [3.05, 3.63) is 42.0 Å². The van der Waals surface area contributed by atoms with Crippen LogP contribution in [0.25, 0.3) is 5.57 Å². The second-order valence-corrected chi connectivity index (χ2v) is 8.01. The maximum atomic E-state index is 12.4. The zero-order valence-electron chi connectivity index (χ0n) is 15.8. The van der Waals surface area contributed by atoms with Gasteiger partial charge in [0.25, 0.3) is 0 Å². The molecule has 4 nitrogen and oxygen atoms in total. The molecule has 0 saturated heterocycles. The Morgan fingerprint density at radius 1 is 1.28 bits per heavy atom. The van der Waals surface area contributed by atoms with Crippen LogP contribution in [-0.2, 0) is 5.54 Å². The molecule has 1 fully saturated rings. The highest BCUT2D eigenvalue weighted by Crippen LogP contribution is 2.35. The molecule has 25 heavy (non-hydrogen) atoms. The molecule has 0 spiro atoms. The molecular weight excluding hydrogens is 312 g/mol. The normalized spacial score (nSPS) is 17.0. The predicted molar refractivity (Wildman–Crippen MR) is 103 cm³/mol. The van der Waals surface area contributed by atoms with Crippen LogP contribution in [0.3, 0.4) is 0 Å². The summed E-state index contributed by atoms with van der Waals surface area (Å²) in [6, 6.07) is 7.91. The Hall–Kier alpha value is -1.81. The molecule has 1 aliphatic rings. The first kappa shape index (κ1) is 19.5. The summed E-state index contributed by atoms with van der Waals surface area (Å²) in [6.45, 7) is 10.6. The molecule has 1 saturated carbocycles. The van der Waals surface area contributed by atoms with E-state index in [0.717, 1.165) is 42.4 Å². The molecule has 1 aliphatic carbocycles. The number of urea groups is 1. The number of hydrogen-bond acceptors (Lipinski definition) is 2. The maximum absolute atomic E-state index is 12.4. The summed E-state index contributed by atoms with van der Waals surface area (Å²) in [6.07, 6.45) is 5.44. The topological polar surface area (TPSA) is 61.4 Å². The van der Waals surface area contributed by atoms with Gasteiger partial charge in [0.05, 0.1) is 12.1 Å². The van der Waals surface area contributed by atoms with Crippen LogP contribution in [0.15, 0.2) is 30.8 Å². The van der Waals surface area contributed by atoms with Gasteiger partial charge in [-0.05, 0) is 50.8 Å². The van der Waals surface area contributed by atoms with Crippen molar-refractivity contribution in [1.82, 2.24) is 10.6 Å². The first-order valence-corrected chi connectivity index (χ1v) is 9.21. The number of carbonyl (C=O) groups is 1. The molecule has 0 aromatic heterocycles. The second-order valence-electron chi connectivity index (χ2n) is 8.01. The Labute approximate surface area is 151 Å². The monoisotopic (exact) mass is 344 g/mol. The summed E-state index contributed by atoms with van der Waals surface area (Å²) in [4.78, 5) is 12.4. The largest absolute Gasteiger partial charge is 0.396 e.